The molecule has 0 spiro atoms. The van der Waals surface area contributed by atoms with Crippen LogP contribution in [-0.2, 0) is 11.3 Å². The maximum absolute atomic E-state index is 12.5. The zero-order valence-electron chi connectivity index (χ0n) is 14.8. The Kier molecular flexibility index (Phi) is 5.63. The topological polar surface area (TPSA) is 64.0 Å². The average molecular weight is 367 g/mol. The van der Waals surface area contributed by atoms with Crippen LogP contribution in [0, 0.1) is 5.92 Å². The molecule has 0 bridgehead atoms. The van der Waals surface area contributed by atoms with E-state index in [2.05, 4.69) is 24.3 Å². The van der Waals surface area contributed by atoms with Crippen LogP contribution >= 0.6 is 11.3 Å². The van der Waals surface area contributed by atoms with Gasteiger partial charge in [-0.3, -0.25) is 9.59 Å². The molecule has 26 heavy (non-hydrogen) atoms. The molecule has 134 valence electrons. The number of nitrogens with zero attached hydrogens (tertiary/aromatic N) is 2. The SMILES string of the molecule is CC(C)C(NC(=O)Cn1nc(-c2ccccc2)ccc1=O)c1cccs1. The molecule has 3 rings (SSSR count). The Hall–Kier alpha value is -2.73. The fraction of sp³-hybridized carbons (Fsp3) is 0.250. The molecule has 0 aliphatic carbocycles. The Balaban J connectivity index is 1.78. The second kappa shape index (κ2) is 8.10. The average Bonchev–Trinajstić information content (AvgIpc) is 3.16. The Morgan fingerprint density at radius 1 is 1.12 bits per heavy atom. The first-order valence-corrected chi connectivity index (χ1v) is 9.39. The van der Waals surface area contributed by atoms with Gasteiger partial charge in [-0.15, -0.1) is 11.3 Å². The zero-order chi connectivity index (χ0) is 18.5. The van der Waals surface area contributed by atoms with Crippen molar-refractivity contribution in [3.8, 4) is 11.3 Å². The number of benzene rings is 1. The van der Waals surface area contributed by atoms with Crippen molar-refractivity contribution >= 4 is 17.2 Å². The first-order chi connectivity index (χ1) is 12.5. The van der Waals surface area contributed by atoms with Gasteiger partial charge < -0.3 is 5.32 Å². The smallest absolute Gasteiger partial charge is 0.267 e. The van der Waals surface area contributed by atoms with Gasteiger partial charge in [-0.25, -0.2) is 4.68 Å². The molecule has 1 amide bonds. The van der Waals surface area contributed by atoms with Gasteiger partial charge in [-0.2, -0.15) is 5.10 Å². The molecule has 6 heteroatoms. The summed E-state index contributed by atoms with van der Waals surface area (Å²) in [4.78, 5) is 25.7. The van der Waals surface area contributed by atoms with Gasteiger partial charge in [0, 0.05) is 16.5 Å². The third-order valence-corrected chi connectivity index (χ3v) is 5.02. The fourth-order valence-electron chi connectivity index (χ4n) is 2.71. The van der Waals surface area contributed by atoms with Crippen molar-refractivity contribution in [3.05, 3.63) is 75.2 Å². The maximum Gasteiger partial charge on any atom is 0.267 e. The molecule has 1 aromatic carbocycles. The van der Waals surface area contributed by atoms with Crippen LogP contribution in [0.5, 0.6) is 0 Å². The largest absolute Gasteiger partial charge is 0.347 e. The summed E-state index contributed by atoms with van der Waals surface area (Å²) in [6, 6.07) is 16.6. The molecule has 5 nitrogen and oxygen atoms in total. The third-order valence-electron chi connectivity index (χ3n) is 4.06. The molecule has 1 atom stereocenters. The molecule has 0 fully saturated rings. The van der Waals surface area contributed by atoms with Gasteiger partial charge in [0.15, 0.2) is 0 Å². The minimum atomic E-state index is -0.294. The van der Waals surface area contributed by atoms with E-state index < -0.39 is 0 Å². The van der Waals surface area contributed by atoms with Crippen molar-refractivity contribution in [1.82, 2.24) is 15.1 Å². The van der Waals surface area contributed by atoms with E-state index in [9.17, 15) is 9.59 Å². The number of amides is 1. The molecular formula is C20H21N3O2S. The maximum atomic E-state index is 12.5. The van der Waals surface area contributed by atoms with Crippen molar-refractivity contribution in [2.75, 3.05) is 0 Å². The second-order valence-corrected chi connectivity index (χ2v) is 7.36. The molecule has 0 saturated heterocycles. The fourth-order valence-corrected chi connectivity index (χ4v) is 3.66. The highest BCUT2D eigenvalue weighted by Crippen LogP contribution is 2.25. The number of carbonyl (C=O) groups excluding carboxylic acids is 1. The minimum Gasteiger partial charge on any atom is -0.347 e. The highest BCUT2D eigenvalue weighted by molar-refractivity contribution is 7.10. The molecular weight excluding hydrogens is 346 g/mol. The van der Waals surface area contributed by atoms with E-state index in [0.29, 0.717) is 5.69 Å². The van der Waals surface area contributed by atoms with E-state index in [-0.39, 0.29) is 30.0 Å². The van der Waals surface area contributed by atoms with Crippen molar-refractivity contribution < 1.29 is 4.79 Å². The van der Waals surface area contributed by atoms with Crippen molar-refractivity contribution in [2.45, 2.75) is 26.4 Å². The summed E-state index contributed by atoms with van der Waals surface area (Å²) in [5.41, 5.74) is 1.27. The van der Waals surface area contributed by atoms with Crippen LogP contribution in [0.3, 0.4) is 0 Å². The molecule has 3 aromatic rings. The highest BCUT2D eigenvalue weighted by Gasteiger charge is 2.19. The van der Waals surface area contributed by atoms with E-state index in [1.807, 2.05) is 47.8 Å². The van der Waals surface area contributed by atoms with Crippen LogP contribution in [0.25, 0.3) is 11.3 Å². The number of aromatic nitrogens is 2. The molecule has 0 aliphatic rings. The summed E-state index contributed by atoms with van der Waals surface area (Å²) >= 11 is 1.61. The van der Waals surface area contributed by atoms with Crippen molar-refractivity contribution in [1.29, 1.82) is 0 Å². The number of rotatable bonds is 6. The van der Waals surface area contributed by atoms with Gasteiger partial charge >= 0.3 is 0 Å². The van der Waals surface area contributed by atoms with Crippen LogP contribution in [0.1, 0.15) is 24.8 Å². The summed E-state index contributed by atoms with van der Waals surface area (Å²) in [5, 5.41) is 9.36. The molecule has 0 radical (unpaired) electrons. The van der Waals surface area contributed by atoms with Crippen LogP contribution in [0.2, 0.25) is 0 Å². The lowest BCUT2D eigenvalue weighted by Gasteiger charge is -2.21. The van der Waals surface area contributed by atoms with Crippen LogP contribution in [-0.4, -0.2) is 15.7 Å². The van der Waals surface area contributed by atoms with E-state index in [1.165, 1.54) is 10.7 Å². The van der Waals surface area contributed by atoms with Gasteiger partial charge in [-0.05, 0) is 23.4 Å². The number of hydrogen-bond acceptors (Lipinski definition) is 4. The Morgan fingerprint density at radius 3 is 2.54 bits per heavy atom. The quantitative estimate of drug-likeness (QED) is 0.725. The van der Waals surface area contributed by atoms with Crippen LogP contribution < -0.4 is 10.9 Å². The predicted octanol–water partition coefficient (Wildman–Crippen LogP) is 3.49. The lowest BCUT2D eigenvalue weighted by molar-refractivity contribution is -0.123. The standard InChI is InChI=1S/C20H21N3O2S/c1-14(2)20(17-9-6-12-26-17)21-18(24)13-23-19(25)11-10-16(22-23)15-7-4-3-5-8-15/h3-12,14,20H,13H2,1-2H3,(H,21,24). The number of nitrogens with one attached hydrogen (secondary N) is 1. The lowest BCUT2D eigenvalue weighted by atomic mass is 10.0. The number of carbonyl (C=O) groups is 1. The monoisotopic (exact) mass is 367 g/mol. The molecule has 2 aromatic heterocycles. The van der Waals surface area contributed by atoms with Crippen LogP contribution in [0.15, 0.2) is 64.8 Å². The van der Waals surface area contributed by atoms with Gasteiger partial charge in [0.25, 0.3) is 5.56 Å². The van der Waals surface area contributed by atoms with E-state index in [4.69, 9.17) is 0 Å². The summed E-state index contributed by atoms with van der Waals surface area (Å²) in [5.74, 6) is 0.0230. The van der Waals surface area contributed by atoms with Gasteiger partial charge in [-0.1, -0.05) is 50.2 Å². The predicted molar refractivity (Wildman–Crippen MR) is 104 cm³/mol. The summed E-state index contributed by atoms with van der Waals surface area (Å²) in [6.07, 6.45) is 0. The summed E-state index contributed by atoms with van der Waals surface area (Å²) in [7, 11) is 0. The normalized spacial score (nSPS) is 12.1. The van der Waals surface area contributed by atoms with Crippen LogP contribution in [0.4, 0.5) is 0 Å². The van der Waals surface area contributed by atoms with E-state index in [1.54, 1.807) is 17.4 Å². The highest BCUT2D eigenvalue weighted by atomic mass is 32.1. The van der Waals surface area contributed by atoms with Gasteiger partial charge in [0.1, 0.15) is 6.54 Å². The summed E-state index contributed by atoms with van der Waals surface area (Å²) < 4.78 is 1.21. The second-order valence-electron chi connectivity index (χ2n) is 6.39. The molecule has 1 N–H and O–H groups in total. The number of thiophene rings is 1. The molecule has 0 aliphatic heterocycles. The lowest BCUT2D eigenvalue weighted by Crippen LogP contribution is -2.37. The molecule has 2 heterocycles. The Bertz CT molecular complexity index is 918. The van der Waals surface area contributed by atoms with Crippen molar-refractivity contribution in [2.24, 2.45) is 5.92 Å². The molecule has 0 saturated carbocycles. The Labute approximate surface area is 156 Å². The van der Waals surface area contributed by atoms with E-state index in [0.717, 1.165) is 10.4 Å². The van der Waals surface area contributed by atoms with Gasteiger partial charge in [0.05, 0.1) is 11.7 Å². The first-order valence-electron chi connectivity index (χ1n) is 8.51. The van der Waals surface area contributed by atoms with E-state index >= 15 is 0 Å². The minimum absolute atomic E-state index is 0.0736. The first kappa shape index (κ1) is 18.1. The third kappa shape index (κ3) is 4.26. The Morgan fingerprint density at radius 2 is 1.88 bits per heavy atom. The van der Waals surface area contributed by atoms with Crippen molar-refractivity contribution in [3.63, 3.8) is 0 Å². The number of hydrogen-bond donors (Lipinski definition) is 1. The summed E-state index contributed by atoms with van der Waals surface area (Å²) in [6.45, 7) is 4.02. The van der Waals surface area contributed by atoms with Gasteiger partial charge in [0.2, 0.25) is 5.91 Å². The zero-order valence-corrected chi connectivity index (χ0v) is 15.6. The molecule has 1 unspecified atom stereocenters.